The lowest BCUT2D eigenvalue weighted by molar-refractivity contribution is 0.486. The molecule has 0 N–H and O–H groups in total. The molecule has 2 aromatic rings. The van der Waals surface area contributed by atoms with Crippen molar-refractivity contribution in [3.63, 3.8) is 0 Å². The van der Waals surface area contributed by atoms with E-state index in [1.807, 2.05) is 19.9 Å². The molecule has 0 aliphatic rings. The summed E-state index contributed by atoms with van der Waals surface area (Å²) in [7, 11) is -3.89. The molecule has 4 nitrogen and oxygen atoms in total. The highest BCUT2D eigenvalue weighted by atomic mass is 32.2. The van der Waals surface area contributed by atoms with Crippen LogP contribution in [-0.2, 0) is 10.1 Å². The predicted molar refractivity (Wildman–Crippen MR) is 74.9 cm³/mol. The van der Waals surface area contributed by atoms with Crippen molar-refractivity contribution in [2.24, 2.45) is 0 Å². The zero-order valence-electron chi connectivity index (χ0n) is 11.1. The van der Waals surface area contributed by atoms with Crippen LogP contribution in [0.4, 0.5) is 0 Å². The van der Waals surface area contributed by atoms with Crippen LogP contribution in [0.3, 0.4) is 0 Å². The molecular formula is C15H13NO3S. The summed E-state index contributed by atoms with van der Waals surface area (Å²) in [5.41, 5.74) is 2.23. The Morgan fingerprint density at radius 3 is 2.45 bits per heavy atom. The number of nitriles is 1. The first-order valence-corrected chi connectivity index (χ1v) is 7.35. The number of aryl methyl sites for hydroxylation is 2. The van der Waals surface area contributed by atoms with Gasteiger partial charge in [-0.1, -0.05) is 12.1 Å². The summed E-state index contributed by atoms with van der Waals surface area (Å²) in [6, 6.07) is 12.8. The lowest BCUT2D eigenvalue weighted by Gasteiger charge is -2.08. The van der Waals surface area contributed by atoms with Crippen LogP contribution >= 0.6 is 0 Å². The molecule has 0 atom stereocenters. The van der Waals surface area contributed by atoms with Gasteiger partial charge in [0.15, 0.2) is 0 Å². The summed E-state index contributed by atoms with van der Waals surface area (Å²) < 4.78 is 29.4. The fraction of sp³-hybridized carbons (Fsp3) is 0.133. The topological polar surface area (TPSA) is 67.2 Å². The van der Waals surface area contributed by atoms with E-state index in [4.69, 9.17) is 9.44 Å². The van der Waals surface area contributed by atoms with Gasteiger partial charge in [0.1, 0.15) is 10.6 Å². The van der Waals surface area contributed by atoms with E-state index in [2.05, 4.69) is 0 Å². The van der Waals surface area contributed by atoms with E-state index < -0.39 is 10.1 Å². The molecule has 0 bridgehead atoms. The fourth-order valence-corrected chi connectivity index (χ4v) is 2.67. The third kappa shape index (κ3) is 2.98. The molecule has 0 saturated carbocycles. The van der Waals surface area contributed by atoms with Gasteiger partial charge >= 0.3 is 10.1 Å². The summed E-state index contributed by atoms with van der Waals surface area (Å²) in [4.78, 5) is 0.1000. The monoisotopic (exact) mass is 287 g/mol. The molecule has 0 unspecified atom stereocenters. The lowest BCUT2D eigenvalue weighted by Crippen LogP contribution is -2.10. The summed E-state index contributed by atoms with van der Waals surface area (Å²) in [5, 5.41) is 8.79. The van der Waals surface area contributed by atoms with Crippen LogP contribution in [0.5, 0.6) is 5.75 Å². The van der Waals surface area contributed by atoms with Crippen molar-refractivity contribution in [2.75, 3.05) is 0 Å². The Bertz CT molecular complexity index is 789. The van der Waals surface area contributed by atoms with Crippen molar-refractivity contribution in [2.45, 2.75) is 18.7 Å². The smallest absolute Gasteiger partial charge is 0.339 e. The minimum absolute atomic E-state index is 0.1000. The van der Waals surface area contributed by atoms with Crippen LogP contribution in [0.2, 0.25) is 0 Å². The highest BCUT2D eigenvalue weighted by Gasteiger charge is 2.17. The van der Waals surface area contributed by atoms with Gasteiger partial charge in [0, 0.05) is 0 Å². The van der Waals surface area contributed by atoms with Crippen molar-refractivity contribution in [1.29, 1.82) is 5.26 Å². The van der Waals surface area contributed by atoms with Crippen LogP contribution in [-0.4, -0.2) is 8.42 Å². The second-order valence-corrected chi connectivity index (χ2v) is 5.97. The molecule has 5 heteroatoms. The van der Waals surface area contributed by atoms with Gasteiger partial charge in [-0.15, -0.1) is 0 Å². The number of benzene rings is 2. The van der Waals surface area contributed by atoms with Crippen molar-refractivity contribution in [3.05, 3.63) is 59.2 Å². The summed E-state index contributed by atoms with van der Waals surface area (Å²) >= 11 is 0. The highest BCUT2D eigenvalue weighted by Crippen LogP contribution is 2.21. The molecule has 0 radical (unpaired) electrons. The second-order valence-electron chi connectivity index (χ2n) is 4.42. The van der Waals surface area contributed by atoms with Gasteiger partial charge in [-0.3, -0.25) is 0 Å². The van der Waals surface area contributed by atoms with E-state index in [0.717, 1.165) is 11.1 Å². The van der Waals surface area contributed by atoms with Gasteiger partial charge in [0.05, 0.1) is 11.6 Å². The molecule has 0 heterocycles. The molecule has 0 amide bonds. The Kier molecular flexibility index (Phi) is 3.77. The average Bonchev–Trinajstić information content (AvgIpc) is 2.41. The van der Waals surface area contributed by atoms with Crippen molar-refractivity contribution in [3.8, 4) is 11.8 Å². The Morgan fingerprint density at radius 1 is 1.05 bits per heavy atom. The Labute approximate surface area is 118 Å². The summed E-state index contributed by atoms with van der Waals surface area (Å²) in [6.45, 7) is 3.74. The third-order valence-electron chi connectivity index (χ3n) is 2.94. The van der Waals surface area contributed by atoms with E-state index in [-0.39, 0.29) is 10.6 Å². The first-order valence-electron chi connectivity index (χ1n) is 5.94. The molecule has 0 aromatic heterocycles. The van der Waals surface area contributed by atoms with E-state index in [1.54, 1.807) is 24.3 Å². The Morgan fingerprint density at radius 2 is 1.80 bits per heavy atom. The third-order valence-corrected chi connectivity index (χ3v) is 4.18. The first-order chi connectivity index (χ1) is 9.42. The van der Waals surface area contributed by atoms with E-state index >= 15 is 0 Å². The number of hydrogen-bond acceptors (Lipinski definition) is 4. The minimum atomic E-state index is -3.89. The van der Waals surface area contributed by atoms with Crippen molar-refractivity contribution < 1.29 is 12.6 Å². The van der Waals surface area contributed by atoms with E-state index in [1.165, 1.54) is 18.2 Å². The molecular weight excluding hydrogens is 274 g/mol. The molecule has 20 heavy (non-hydrogen) atoms. The van der Waals surface area contributed by atoms with Crippen LogP contribution in [0.15, 0.2) is 47.4 Å². The van der Waals surface area contributed by atoms with Gasteiger partial charge in [0.2, 0.25) is 0 Å². The summed E-state index contributed by atoms with van der Waals surface area (Å²) in [5.74, 6) is 0.127. The van der Waals surface area contributed by atoms with Gasteiger partial charge in [-0.25, -0.2) is 0 Å². The van der Waals surface area contributed by atoms with E-state index in [0.29, 0.717) is 5.56 Å². The molecule has 102 valence electrons. The number of nitrogens with zero attached hydrogens (tertiary/aromatic N) is 1. The highest BCUT2D eigenvalue weighted by molar-refractivity contribution is 7.87. The Hall–Kier alpha value is -2.32. The van der Waals surface area contributed by atoms with Crippen LogP contribution in [0.1, 0.15) is 16.7 Å². The molecule has 2 rings (SSSR count). The second kappa shape index (κ2) is 5.35. The predicted octanol–water partition coefficient (Wildman–Crippen LogP) is 2.94. The van der Waals surface area contributed by atoms with Gasteiger partial charge in [-0.2, -0.15) is 13.7 Å². The summed E-state index contributed by atoms with van der Waals surface area (Å²) in [6.07, 6.45) is 0. The molecule has 0 fully saturated rings. The Balaban J connectivity index is 2.35. The number of hydrogen-bond donors (Lipinski definition) is 0. The maximum atomic E-state index is 12.2. The largest absolute Gasteiger partial charge is 0.379 e. The maximum absolute atomic E-state index is 12.2. The van der Waals surface area contributed by atoms with Crippen LogP contribution in [0, 0.1) is 25.2 Å². The normalized spacial score (nSPS) is 10.8. The standard InChI is InChI=1S/C15H13NO3S/c1-11-6-7-15(8-12(11)2)20(17,18)19-14-5-3-4-13(9-14)10-16/h3-9H,1-2H3. The molecule has 0 aliphatic heterocycles. The first kappa shape index (κ1) is 14.1. The minimum Gasteiger partial charge on any atom is -0.379 e. The molecule has 2 aromatic carbocycles. The quantitative estimate of drug-likeness (QED) is 0.814. The zero-order chi connectivity index (χ0) is 14.8. The zero-order valence-corrected chi connectivity index (χ0v) is 11.9. The van der Waals surface area contributed by atoms with Gasteiger partial charge < -0.3 is 4.18 Å². The SMILES string of the molecule is Cc1ccc(S(=O)(=O)Oc2cccc(C#N)c2)cc1C. The van der Waals surface area contributed by atoms with Crippen LogP contribution < -0.4 is 4.18 Å². The molecule has 0 spiro atoms. The average molecular weight is 287 g/mol. The number of rotatable bonds is 3. The fourth-order valence-electron chi connectivity index (χ4n) is 1.66. The van der Waals surface area contributed by atoms with Crippen molar-refractivity contribution in [1.82, 2.24) is 0 Å². The molecule has 0 saturated heterocycles. The van der Waals surface area contributed by atoms with Gasteiger partial charge in [0.25, 0.3) is 0 Å². The van der Waals surface area contributed by atoms with Gasteiger partial charge in [-0.05, 0) is 55.3 Å². The van der Waals surface area contributed by atoms with E-state index in [9.17, 15) is 8.42 Å². The lowest BCUT2D eigenvalue weighted by atomic mass is 10.1. The molecule has 0 aliphatic carbocycles. The maximum Gasteiger partial charge on any atom is 0.339 e. The van der Waals surface area contributed by atoms with Crippen LogP contribution in [0.25, 0.3) is 0 Å². The van der Waals surface area contributed by atoms with Crippen molar-refractivity contribution >= 4 is 10.1 Å².